The van der Waals surface area contributed by atoms with Gasteiger partial charge in [-0.05, 0) is 64.2 Å². The van der Waals surface area contributed by atoms with E-state index in [1.165, 1.54) is 11.3 Å². The highest BCUT2D eigenvalue weighted by Crippen LogP contribution is 2.36. The highest BCUT2D eigenvalue weighted by atomic mass is 32.1. The van der Waals surface area contributed by atoms with Crippen molar-refractivity contribution in [3.05, 3.63) is 46.3 Å². The van der Waals surface area contributed by atoms with Crippen LogP contribution in [0.4, 0.5) is 20.6 Å². The van der Waals surface area contributed by atoms with E-state index in [1.54, 1.807) is 18.3 Å². The van der Waals surface area contributed by atoms with Gasteiger partial charge >= 0.3 is 6.09 Å². The molecule has 2 saturated heterocycles. The summed E-state index contributed by atoms with van der Waals surface area (Å²) in [6.07, 6.45) is 3.10. The van der Waals surface area contributed by atoms with Crippen molar-refractivity contribution in [2.24, 2.45) is 0 Å². The minimum atomic E-state index is -0.552. The minimum absolute atomic E-state index is 0.00228. The van der Waals surface area contributed by atoms with Gasteiger partial charge in [-0.25, -0.2) is 19.2 Å². The summed E-state index contributed by atoms with van der Waals surface area (Å²) >= 11 is 1.22. The molecule has 2 aliphatic heterocycles. The van der Waals surface area contributed by atoms with Gasteiger partial charge in [-0.1, -0.05) is 13.0 Å². The Morgan fingerprint density at radius 2 is 1.95 bits per heavy atom. The lowest BCUT2D eigenvalue weighted by atomic mass is 10.00. The molecule has 2 fully saturated rings. The zero-order chi connectivity index (χ0) is 28.1. The van der Waals surface area contributed by atoms with Crippen LogP contribution in [0.25, 0.3) is 10.3 Å². The van der Waals surface area contributed by atoms with E-state index < -0.39 is 5.60 Å². The second-order valence-electron chi connectivity index (χ2n) is 11.5. The molecule has 39 heavy (non-hydrogen) atoms. The SMILES string of the molecule is Cc1cnc2c(N)c(C(=O)NC[C@H](C)c3ccc(N4CC5CCC(C4)N5C(=O)OC(C)(C)C)c(F)c3)sc2n1. The molecule has 0 aliphatic carbocycles. The molecule has 3 N–H and O–H groups in total. The molecule has 2 aromatic heterocycles. The number of hydrogen-bond acceptors (Lipinski definition) is 8. The second kappa shape index (κ2) is 10.3. The van der Waals surface area contributed by atoms with E-state index in [0.717, 1.165) is 24.1 Å². The number of fused-ring (bicyclic) bond motifs is 3. The number of aromatic nitrogens is 2. The fraction of sp³-hybridized carbons (Fsp3) is 0.500. The molecule has 0 radical (unpaired) electrons. The summed E-state index contributed by atoms with van der Waals surface area (Å²) in [5, 5.41) is 2.92. The predicted molar refractivity (Wildman–Crippen MR) is 151 cm³/mol. The molecule has 0 spiro atoms. The van der Waals surface area contributed by atoms with E-state index in [4.69, 9.17) is 10.5 Å². The molecule has 5 rings (SSSR count). The van der Waals surface area contributed by atoms with E-state index in [2.05, 4.69) is 15.3 Å². The lowest BCUT2D eigenvalue weighted by molar-refractivity contribution is 0.0123. The molecular weight excluding hydrogens is 519 g/mol. The molecule has 2 bridgehead atoms. The number of hydrogen-bond donors (Lipinski definition) is 2. The lowest BCUT2D eigenvalue weighted by Gasteiger charge is -2.42. The standard InChI is InChI=1S/C28H35FN6O3S/c1-15(11-32-25(36)24-22(30)23-26(39-24)33-16(2)12-31-23)17-6-9-21(20(29)10-17)34-13-18-7-8-19(14-34)35(18)27(37)38-28(3,4)5/h6,9-10,12,15,18-19H,7-8,11,13-14,30H2,1-5H3,(H,32,36)/t15-,18?,19?/m0/s1. The fourth-order valence-corrected chi connectivity index (χ4v) is 6.40. The van der Waals surface area contributed by atoms with Crippen LogP contribution in [0, 0.1) is 12.7 Å². The maximum Gasteiger partial charge on any atom is 0.410 e. The Morgan fingerprint density at radius 1 is 1.26 bits per heavy atom. The molecule has 3 atom stereocenters. The number of anilines is 2. The average molecular weight is 555 g/mol. The smallest absolute Gasteiger partial charge is 0.410 e. The second-order valence-corrected chi connectivity index (χ2v) is 12.5. The molecule has 2 aliphatic rings. The summed E-state index contributed by atoms with van der Waals surface area (Å²) in [6.45, 7) is 10.8. The number of halogens is 1. The minimum Gasteiger partial charge on any atom is -0.444 e. The van der Waals surface area contributed by atoms with Gasteiger partial charge in [-0.2, -0.15) is 0 Å². The first-order valence-corrected chi connectivity index (χ1v) is 14.1. The molecule has 1 aromatic carbocycles. The number of carbonyl (C=O) groups excluding carboxylic acids is 2. The first-order valence-electron chi connectivity index (χ1n) is 13.3. The Balaban J connectivity index is 1.22. The first-order chi connectivity index (χ1) is 18.4. The van der Waals surface area contributed by atoms with Crippen LogP contribution in [-0.2, 0) is 4.74 Å². The number of carbonyl (C=O) groups is 2. The molecule has 4 heterocycles. The third kappa shape index (κ3) is 5.50. The Kier molecular flexibility index (Phi) is 7.13. The van der Waals surface area contributed by atoms with Gasteiger partial charge < -0.3 is 20.7 Å². The van der Waals surface area contributed by atoms with Crippen molar-refractivity contribution >= 4 is 45.1 Å². The zero-order valence-electron chi connectivity index (χ0n) is 23.0. The van der Waals surface area contributed by atoms with Gasteiger partial charge in [0, 0.05) is 25.8 Å². The van der Waals surface area contributed by atoms with Gasteiger partial charge in [-0.15, -0.1) is 11.3 Å². The monoisotopic (exact) mass is 554 g/mol. The molecule has 208 valence electrons. The number of nitrogens with two attached hydrogens (primary N) is 1. The molecule has 9 nitrogen and oxygen atoms in total. The predicted octanol–water partition coefficient (Wildman–Crippen LogP) is 4.84. The van der Waals surface area contributed by atoms with Crippen LogP contribution in [-0.4, -0.2) is 64.2 Å². The number of ether oxygens (including phenoxy) is 1. The quantitative estimate of drug-likeness (QED) is 0.464. The molecule has 2 amide bonds. The van der Waals surface area contributed by atoms with Crippen LogP contribution in [0.3, 0.4) is 0 Å². The number of nitrogens with zero attached hydrogens (tertiary/aromatic N) is 4. The summed E-state index contributed by atoms with van der Waals surface area (Å²) < 4.78 is 21.0. The topological polar surface area (TPSA) is 114 Å². The van der Waals surface area contributed by atoms with E-state index in [9.17, 15) is 9.59 Å². The molecular formula is C28H35FN6O3S. The maximum atomic E-state index is 15.4. The summed E-state index contributed by atoms with van der Waals surface area (Å²) in [6, 6.07) is 5.25. The van der Waals surface area contributed by atoms with Gasteiger partial charge in [0.1, 0.15) is 26.6 Å². The van der Waals surface area contributed by atoms with Crippen molar-refractivity contribution in [1.29, 1.82) is 0 Å². The lowest BCUT2D eigenvalue weighted by Crippen LogP contribution is -2.57. The number of piperazine rings is 1. The largest absolute Gasteiger partial charge is 0.444 e. The van der Waals surface area contributed by atoms with E-state index in [-0.39, 0.29) is 35.8 Å². The van der Waals surface area contributed by atoms with Gasteiger partial charge in [-0.3, -0.25) is 9.69 Å². The highest BCUT2D eigenvalue weighted by molar-refractivity contribution is 7.21. The van der Waals surface area contributed by atoms with Gasteiger partial charge in [0.15, 0.2) is 0 Å². The number of nitrogens with one attached hydrogen (secondary N) is 1. The normalized spacial score (nSPS) is 19.8. The molecule has 2 unspecified atom stereocenters. The Morgan fingerprint density at radius 3 is 2.59 bits per heavy atom. The van der Waals surface area contributed by atoms with Crippen LogP contribution in [0.15, 0.2) is 24.4 Å². The average Bonchev–Trinajstić information content (AvgIpc) is 3.33. The maximum absolute atomic E-state index is 15.4. The number of aryl methyl sites for hydroxylation is 1. The summed E-state index contributed by atoms with van der Waals surface area (Å²) in [7, 11) is 0. The number of amides is 2. The first kappa shape index (κ1) is 27.1. The highest BCUT2D eigenvalue weighted by Gasteiger charge is 2.44. The van der Waals surface area contributed by atoms with Crippen LogP contribution >= 0.6 is 11.3 Å². The van der Waals surface area contributed by atoms with Crippen molar-refractivity contribution in [3.8, 4) is 0 Å². The van der Waals surface area contributed by atoms with E-state index in [1.807, 2.05) is 50.5 Å². The van der Waals surface area contributed by atoms with Crippen molar-refractivity contribution in [1.82, 2.24) is 20.2 Å². The Bertz CT molecular complexity index is 1410. The van der Waals surface area contributed by atoms with E-state index >= 15 is 4.39 Å². The fourth-order valence-electron chi connectivity index (χ4n) is 5.38. The van der Waals surface area contributed by atoms with Crippen LogP contribution < -0.4 is 16.0 Å². The van der Waals surface area contributed by atoms with Gasteiger partial charge in [0.25, 0.3) is 5.91 Å². The Hall–Kier alpha value is -3.47. The van der Waals surface area contributed by atoms with Crippen molar-refractivity contribution in [3.63, 3.8) is 0 Å². The molecule has 0 saturated carbocycles. The third-order valence-corrected chi connectivity index (χ3v) is 8.39. The summed E-state index contributed by atoms with van der Waals surface area (Å²) in [5.74, 6) is -0.721. The Labute approximate surface area is 231 Å². The van der Waals surface area contributed by atoms with Crippen LogP contribution in [0.1, 0.15) is 67.4 Å². The summed E-state index contributed by atoms with van der Waals surface area (Å²) in [4.78, 5) is 39.2. The third-order valence-electron chi connectivity index (χ3n) is 7.30. The molecule has 3 aromatic rings. The van der Waals surface area contributed by atoms with Gasteiger partial charge in [0.2, 0.25) is 0 Å². The zero-order valence-corrected chi connectivity index (χ0v) is 23.8. The number of thiophene rings is 1. The van der Waals surface area contributed by atoms with Crippen LogP contribution in [0.2, 0.25) is 0 Å². The van der Waals surface area contributed by atoms with E-state index in [0.29, 0.717) is 46.2 Å². The van der Waals surface area contributed by atoms with Gasteiger partial charge in [0.05, 0.1) is 29.2 Å². The number of rotatable bonds is 5. The summed E-state index contributed by atoms with van der Waals surface area (Å²) in [5.41, 5.74) is 8.53. The number of benzene rings is 1. The van der Waals surface area contributed by atoms with Crippen molar-refractivity contribution in [2.75, 3.05) is 30.3 Å². The van der Waals surface area contributed by atoms with Crippen LogP contribution in [0.5, 0.6) is 0 Å². The van der Waals surface area contributed by atoms with Crippen molar-refractivity contribution in [2.45, 2.75) is 71.1 Å². The number of nitrogen functional groups attached to an aromatic ring is 1. The molecule has 11 heteroatoms. The van der Waals surface area contributed by atoms with Crippen molar-refractivity contribution < 1.29 is 18.7 Å².